The van der Waals surface area contributed by atoms with Gasteiger partial charge in [-0.05, 0) is 37.0 Å². The Morgan fingerprint density at radius 2 is 1.79 bits per heavy atom. The number of nitrogens with one attached hydrogen (secondary N) is 3. The van der Waals surface area contributed by atoms with Gasteiger partial charge in [0.05, 0.1) is 12.5 Å². The van der Waals surface area contributed by atoms with E-state index in [0.29, 0.717) is 17.5 Å². The summed E-state index contributed by atoms with van der Waals surface area (Å²) in [6.45, 7) is 1.60. The Kier molecular flexibility index (Phi) is 7.52. The van der Waals surface area contributed by atoms with Gasteiger partial charge in [-0.2, -0.15) is 0 Å². The number of ether oxygens (including phenoxy) is 1. The molecule has 0 aliphatic heterocycles. The summed E-state index contributed by atoms with van der Waals surface area (Å²) in [5.41, 5.74) is 1.53. The first kappa shape index (κ1) is 24.0. The molecule has 0 saturated heterocycles. The van der Waals surface area contributed by atoms with Crippen molar-refractivity contribution in [2.24, 2.45) is 5.92 Å². The second-order valence-corrected chi connectivity index (χ2v) is 7.76. The third kappa shape index (κ3) is 5.41. The fourth-order valence-corrected chi connectivity index (χ4v) is 4.02. The summed E-state index contributed by atoms with van der Waals surface area (Å²) < 4.78 is 4.88. The highest BCUT2D eigenvalue weighted by Gasteiger charge is 2.43. The van der Waals surface area contributed by atoms with Crippen molar-refractivity contribution in [1.29, 1.82) is 0 Å². The number of benzene rings is 2. The molecular formula is C23H27N3O7. The predicted octanol–water partition coefficient (Wildman–Crippen LogP) is 1.08. The molecule has 0 fully saturated rings. The van der Waals surface area contributed by atoms with Gasteiger partial charge in [-0.3, -0.25) is 14.8 Å². The Morgan fingerprint density at radius 1 is 1.09 bits per heavy atom. The topological polar surface area (TPSA) is 157 Å². The van der Waals surface area contributed by atoms with E-state index in [2.05, 4.69) is 10.6 Å². The lowest BCUT2D eigenvalue weighted by atomic mass is 9.89. The summed E-state index contributed by atoms with van der Waals surface area (Å²) in [6, 6.07) is 11.7. The van der Waals surface area contributed by atoms with Gasteiger partial charge in [-0.25, -0.2) is 10.3 Å². The number of hydroxylamine groups is 1. The van der Waals surface area contributed by atoms with Crippen molar-refractivity contribution in [2.45, 2.75) is 38.0 Å². The number of aliphatic hydroxyl groups is 1. The van der Waals surface area contributed by atoms with Crippen molar-refractivity contribution in [3.05, 3.63) is 65.2 Å². The molecule has 2 aromatic rings. The number of hydrogen-bond donors (Lipinski definition) is 6. The first-order valence-electron chi connectivity index (χ1n) is 10.6. The molecule has 1 aliphatic rings. The molecular weight excluding hydrogens is 430 g/mol. The summed E-state index contributed by atoms with van der Waals surface area (Å²) in [5, 5.41) is 35.5. The minimum Gasteiger partial charge on any atom is -0.508 e. The van der Waals surface area contributed by atoms with Crippen molar-refractivity contribution in [3.63, 3.8) is 0 Å². The number of hydrogen-bond acceptors (Lipinski definition) is 7. The average molecular weight is 457 g/mol. The quantitative estimate of drug-likeness (QED) is 0.197. The largest absolute Gasteiger partial charge is 0.508 e. The van der Waals surface area contributed by atoms with Crippen LogP contribution in [0.1, 0.15) is 30.0 Å². The lowest BCUT2D eigenvalue weighted by molar-refractivity contribution is -0.141. The monoisotopic (exact) mass is 457 g/mol. The number of rotatable bonds is 8. The van der Waals surface area contributed by atoms with E-state index in [-0.39, 0.29) is 25.2 Å². The summed E-state index contributed by atoms with van der Waals surface area (Å²) in [4.78, 5) is 38.1. The number of alkyl carbamates (subject to hydrolysis) is 1. The van der Waals surface area contributed by atoms with Crippen LogP contribution in [0.25, 0.3) is 0 Å². The van der Waals surface area contributed by atoms with Gasteiger partial charge in [0, 0.05) is 12.0 Å². The second-order valence-electron chi connectivity index (χ2n) is 7.76. The maximum atomic E-state index is 13.3. The first-order valence-corrected chi connectivity index (χ1v) is 10.6. The smallest absolute Gasteiger partial charge is 0.407 e. The molecule has 10 nitrogen and oxygen atoms in total. The van der Waals surface area contributed by atoms with E-state index in [0.717, 1.165) is 5.56 Å². The second kappa shape index (κ2) is 10.3. The molecule has 176 valence electrons. The van der Waals surface area contributed by atoms with Crippen molar-refractivity contribution in [2.75, 3.05) is 6.61 Å². The zero-order valence-electron chi connectivity index (χ0n) is 18.1. The van der Waals surface area contributed by atoms with E-state index in [1.54, 1.807) is 37.3 Å². The van der Waals surface area contributed by atoms with Crippen LogP contribution < -0.4 is 16.1 Å². The van der Waals surface area contributed by atoms with E-state index < -0.39 is 35.6 Å². The number of aromatic hydroxyl groups is 1. The van der Waals surface area contributed by atoms with Gasteiger partial charge in [0.1, 0.15) is 11.8 Å². The van der Waals surface area contributed by atoms with E-state index in [9.17, 15) is 29.8 Å². The molecule has 3 rings (SSSR count). The highest BCUT2D eigenvalue weighted by molar-refractivity contribution is 5.92. The van der Waals surface area contributed by atoms with Gasteiger partial charge in [0.25, 0.3) is 0 Å². The van der Waals surface area contributed by atoms with E-state index in [1.807, 2.05) is 12.1 Å². The average Bonchev–Trinajstić information content (AvgIpc) is 3.13. The zero-order chi connectivity index (χ0) is 24.0. The third-order valence-electron chi connectivity index (χ3n) is 5.66. The molecule has 3 atom stereocenters. The van der Waals surface area contributed by atoms with E-state index in [4.69, 9.17) is 4.74 Å². The van der Waals surface area contributed by atoms with Crippen molar-refractivity contribution in [1.82, 2.24) is 16.1 Å². The Labute approximate surface area is 190 Å². The standard InChI is InChI=1S/C23H27N3O7/c1-2-33-22(30)24-19(16(20(28)26-32)13-15-8-4-6-10-18(15)27)21(29)25-23(31)12-11-14-7-3-5-9-17(14)23/h3-10,16,19,27,31-32H,2,11-13H2,1H3,(H,24,30)(H,25,29)(H,26,28)/t16-,19+,23-/m0/s1. The number of phenolic OH excluding ortho intramolecular Hbond substituents is 1. The molecule has 33 heavy (non-hydrogen) atoms. The molecule has 0 unspecified atom stereocenters. The minimum atomic E-state index is -1.70. The number of aryl methyl sites for hydroxylation is 1. The molecule has 10 heteroatoms. The normalized spacial score (nSPS) is 18.5. The van der Waals surface area contributed by atoms with Crippen LogP contribution in [-0.2, 0) is 32.9 Å². The van der Waals surface area contributed by atoms with Crippen LogP contribution in [0.3, 0.4) is 0 Å². The molecule has 1 aliphatic carbocycles. The predicted molar refractivity (Wildman–Crippen MR) is 116 cm³/mol. The molecule has 0 aromatic heterocycles. The summed E-state index contributed by atoms with van der Waals surface area (Å²) in [7, 11) is 0. The maximum Gasteiger partial charge on any atom is 0.407 e. The van der Waals surface area contributed by atoms with Crippen LogP contribution in [0.4, 0.5) is 4.79 Å². The lowest BCUT2D eigenvalue weighted by Crippen LogP contribution is -2.58. The molecule has 0 saturated carbocycles. The maximum absolute atomic E-state index is 13.3. The van der Waals surface area contributed by atoms with Gasteiger partial charge in [0.2, 0.25) is 11.8 Å². The van der Waals surface area contributed by atoms with Crippen LogP contribution in [0, 0.1) is 5.92 Å². The fraction of sp³-hybridized carbons (Fsp3) is 0.348. The van der Waals surface area contributed by atoms with Crippen molar-refractivity contribution in [3.8, 4) is 5.75 Å². The molecule has 0 spiro atoms. The SMILES string of the molecule is CCOC(=O)N[C@@H](C(=O)N[C@]1(O)CCc2ccccc21)[C@H](Cc1ccccc1O)C(=O)NO. The molecule has 3 amide bonds. The number of carbonyl (C=O) groups excluding carboxylic acids is 3. The van der Waals surface area contributed by atoms with Crippen molar-refractivity contribution < 1.29 is 34.5 Å². The van der Waals surface area contributed by atoms with Crippen LogP contribution >= 0.6 is 0 Å². The van der Waals surface area contributed by atoms with Gasteiger partial charge in [-0.1, -0.05) is 42.5 Å². The number of fused-ring (bicyclic) bond motifs is 1. The lowest BCUT2D eigenvalue weighted by Gasteiger charge is -2.31. The van der Waals surface area contributed by atoms with Gasteiger partial charge >= 0.3 is 6.09 Å². The van der Waals surface area contributed by atoms with Gasteiger partial charge in [-0.15, -0.1) is 0 Å². The van der Waals surface area contributed by atoms with Crippen LogP contribution in [0.15, 0.2) is 48.5 Å². The first-order chi connectivity index (χ1) is 15.8. The van der Waals surface area contributed by atoms with Crippen LogP contribution in [0.5, 0.6) is 5.75 Å². The van der Waals surface area contributed by atoms with Crippen LogP contribution in [-0.4, -0.2) is 46.0 Å². The van der Waals surface area contributed by atoms with Gasteiger partial charge < -0.3 is 25.6 Å². The Morgan fingerprint density at radius 3 is 2.48 bits per heavy atom. The van der Waals surface area contributed by atoms with E-state index in [1.165, 1.54) is 11.5 Å². The number of phenols is 1. The summed E-state index contributed by atoms with van der Waals surface area (Å²) in [5.74, 6) is -3.28. The highest BCUT2D eigenvalue weighted by Crippen LogP contribution is 2.35. The Hall–Kier alpha value is -3.63. The highest BCUT2D eigenvalue weighted by atomic mass is 16.5. The van der Waals surface area contributed by atoms with Crippen LogP contribution in [0.2, 0.25) is 0 Å². The molecule has 0 radical (unpaired) electrons. The minimum absolute atomic E-state index is 0.0216. The Bertz CT molecular complexity index is 1030. The zero-order valence-corrected chi connectivity index (χ0v) is 18.1. The summed E-state index contributed by atoms with van der Waals surface area (Å²) in [6.07, 6.45) is -0.412. The molecule has 0 heterocycles. The van der Waals surface area contributed by atoms with Crippen molar-refractivity contribution >= 4 is 17.9 Å². The van der Waals surface area contributed by atoms with E-state index >= 15 is 0 Å². The molecule has 0 bridgehead atoms. The molecule has 6 N–H and O–H groups in total. The number of para-hydroxylation sites is 1. The Balaban J connectivity index is 1.93. The molecule has 2 aromatic carbocycles. The fourth-order valence-electron chi connectivity index (χ4n) is 4.02. The van der Waals surface area contributed by atoms with Gasteiger partial charge in [0.15, 0.2) is 5.72 Å². The number of carbonyl (C=O) groups is 3. The third-order valence-corrected chi connectivity index (χ3v) is 5.66. The number of amides is 3. The summed E-state index contributed by atoms with van der Waals surface area (Å²) >= 11 is 0.